The lowest BCUT2D eigenvalue weighted by Crippen LogP contribution is -2.44. The summed E-state index contributed by atoms with van der Waals surface area (Å²) < 4.78 is 5.81. The zero-order valence-electron chi connectivity index (χ0n) is 14.4. The van der Waals surface area contributed by atoms with E-state index in [-0.39, 0.29) is 11.8 Å². The maximum Gasteiger partial charge on any atom is 0.179 e. The Hall–Kier alpha value is -2.17. The summed E-state index contributed by atoms with van der Waals surface area (Å²) in [5.41, 5.74) is 0.781. The first-order chi connectivity index (χ1) is 12.3. The molecule has 2 aliphatic heterocycles. The van der Waals surface area contributed by atoms with Gasteiger partial charge >= 0.3 is 0 Å². The highest BCUT2D eigenvalue weighted by atomic mass is 16.5. The van der Waals surface area contributed by atoms with Crippen molar-refractivity contribution < 1.29 is 9.53 Å². The second-order valence-corrected chi connectivity index (χ2v) is 6.85. The minimum absolute atomic E-state index is 0.0331. The third-order valence-corrected chi connectivity index (χ3v) is 5.22. The number of nitrogens with one attached hydrogen (secondary N) is 1. The van der Waals surface area contributed by atoms with Gasteiger partial charge in [-0.05, 0) is 68.8 Å². The Kier molecular flexibility index (Phi) is 4.81. The summed E-state index contributed by atoms with van der Waals surface area (Å²) in [6.45, 7) is 3.11. The van der Waals surface area contributed by atoms with Crippen molar-refractivity contribution in [3.8, 4) is 11.5 Å². The van der Waals surface area contributed by atoms with Gasteiger partial charge in [-0.3, -0.25) is 9.69 Å². The Balaban J connectivity index is 1.45. The van der Waals surface area contributed by atoms with Gasteiger partial charge in [-0.15, -0.1) is 0 Å². The predicted octanol–water partition coefficient (Wildman–Crippen LogP) is 3.49. The van der Waals surface area contributed by atoms with Gasteiger partial charge in [0.15, 0.2) is 5.78 Å². The van der Waals surface area contributed by atoms with Crippen molar-refractivity contribution in [1.82, 2.24) is 10.2 Å². The number of carbonyl (C=O) groups is 1. The Morgan fingerprint density at radius 2 is 1.76 bits per heavy atom. The lowest BCUT2D eigenvalue weighted by atomic mass is 10.0. The van der Waals surface area contributed by atoms with Crippen LogP contribution in [0.15, 0.2) is 54.6 Å². The van der Waals surface area contributed by atoms with Crippen LogP contribution in [0.3, 0.4) is 0 Å². The summed E-state index contributed by atoms with van der Waals surface area (Å²) in [7, 11) is 0. The SMILES string of the molecule is O=C(c1ccc(Oc2ccccc2)cc1)C1CCCN1C1CCNC1. The molecule has 0 spiro atoms. The van der Waals surface area contributed by atoms with Gasteiger partial charge in [-0.1, -0.05) is 18.2 Å². The minimum Gasteiger partial charge on any atom is -0.457 e. The maximum atomic E-state index is 13.0. The highest BCUT2D eigenvalue weighted by molar-refractivity contribution is 6.00. The largest absolute Gasteiger partial charge is 0.457 e. The zero-order chi connectivity index (χ0) is 17.1. The normalized spacial score (nSPS) is 23.7. The van der Waals surface area contributed by atoms with E-state index in [2.05, 4.69) is 10.2 Å². The molecule has 4 heteroatoms. The molecule has 0 saturated carbocycles. The third-order valence-electron chi connectivity index (χ3n) is 5.22. The fourth-order valence-electron chi connectivity index (χ4n) is 3.93. The van der Waals surface area contributed by atoms with Gasteiger partial charge in [0.05, 0.1) is 6.04 Å². The van der Waals surface area contributed by atoms with E-state index in [1.165, 1.54) is 0 Å². The number of nitrogens with zero attached hydrogens (tertiary/aromatic N) is 1. The van der Waals surface area contributed by atoms with Gasteiger partial charge < -0.3 is 10.1 Å². The van der Waals surface area contributed by atoms with E-state index in [4.69, 9.17) is 4.74 Å². The lowest BCUT2D eigenvalue weighted by molar-refractivity contribution is 0.0826. The van der Waals surface area contributed by atoms with Crippen molar-refractivity contribution in [1.29, 1.82) is 0 Å². The van der Waals surface area contributed by atoms with Crippen LogP contribution in [0.2, 0.25) is 0 Å². The van der Waals surface area contributed by atoms with E-state index < -0.39 is 0 Å². The van der Waals surface area contributed by atoms with Crippen molar-refractivity contribution in [3.63, 3.8) is 0 Å². The molecule has 2 aromatic carbocycles. The highest BCUT2D eigenvalue weighted by Crippen LogP contribution is 2.27. The van der Waals surface area contributed by atoms with Crippen LogP contribution in [0.5, 0.6) is 11.5 Å². The topological polar surface area (TPSA) is 41.6 Å². The van der Waals surface area contributed by atoms with Crippen LogP contribution < -0.4 is 10.1 Å². The summed E-state index contributed by atoms with van der Waals surface area (Å²) in [5.74, 6) is 1.80. The molecule has 0 radical (unpaired) electrons. The summed E-state index contributed by atoms with van der Waals surface area (Å²) in [4.78, 5) is 15.4. The Morgan fingerprint density at radius 3 is 2.48 bits per heavy atom. The van der Waals surface area contributed by atoms with Crippen molar-refractivity contribution in [2.75, 3.05) is 19.6 Å². The van der Waals surface area contributed by atoms with E-state index in [0.717, 1.165) is 56.0 Å². The number of carbonyl (C=O) groups excluding carboxylic acids is 1. The Labute approximate surface area is 148 Å². The molecule has 4 nitrogen and oxygen atoms in total. The molecule has 4 rings (SSSR count). The minimum atomic E-state index is 0.0331. The Morgan fingerprint density at radius 1 is 1.00 bits per heavy atom. The number of hydrogen-bond donors (Lipinski definition) is 1. The summed E-state index contributed by atoms with van der Waals surface area (Å²) in [6.07, 6.45) is 3.23. The molecule has 2 unspecified atom stereocenters. The molecule has 2 aliphatic rings. The standard InChI is InChI=1S/C21H24N2O2/c24-21(20-7-4-14-23(20)17-12-13-22-15-17)16-8-10-19(11-9-16)25-18-5-2-1-3-6-18/h1-3,5-6,8-11,17,20,22H,4,7,12-15H2. The fourth-order valence-corrected chi connectivity index (χ4v) is 3.93. The van der Waals surface area contributed by atoms with E-state index in [1.807, 2.05) is 54.6 Å². The number of Topliss-reactive ketones (excluding diaryl/α,β-unsaturated/α-hetero) is 1. The molecule has 2 fully saturated rings. The van der Waals surface area contributed by atoms with Crippen LogP contribution in [0.1, 0.15) is 29.6 Å². The number of hydrogen-bond acceptors (Lipinski definition) is 4. The summed E-state index contributed by atoms with van der Waals surface area (Å²) in [6, 6.07) is 17.8. The van der Waals surface area contributed by atoms with Crippen molar-refractivity contribution >= 4 is 5.78 Å². The van der Waals surface area contributed by atoms with Crippen molar-refractivity contribution in [2.45, 2.75) is 31.3 Å². The first-order valence-electron chi connectivity index (χ1n) is 9.15. The summed E-state index contributed by atoms with van der Waals surface area (Å²) in [5, 5.41) is 3.41. The van der Waals surface area contributed by atoms with Gasteiger partial charge in [0, 0.05) is 18.2 Å². The highest BCUT2D eigenvalue weighted by Gasteiger charge is 2.36. The average Bonchev–Trinajstić information content (AvgIpc) is 3.34. The first-order valence-corrected chi connectivity index (χ1v) is 9.15. The van der Waals surface area contributed by atoms with E-state index in [0.29, 0.717) is 6.04 Å². The summed E-state index contributed by atoms with van der Waals surface area (Å²) >= 11 is 0. The number of likely N-dealkylation sites (tertiary alicyclic amines) is 1. The molecular weight excluding hydrogens is 312 g/mol. The first kappa shape index (κ1) is 16.3. The molecular formula is C21H24N2O2. The van der Waals surface area contributed by atoms with Gasteiger partial charge in [-0.25, -0.2) is 0 Å². The molecule has 2 atom stereocenters. The van der Waals surface area contributed by atoms with Gasteiger partial charge in [-0.2, -0.15) is 0 Å². The smallest absolute Gasteiger partial charge is 0.179 e. The van der Waals surface area contributed by atoms with Crippen molar-refractivity contribution in [3.05, 3.63) is 60.2 Å². The van der Waals surface area contributed by atoms with Gasteiger partial charge in [0.1, 0.15) is 11.5 Å². The molecule has 25 heavy (non-hydrogen) atoms. The molecule has 1 N–H and O–H groups in total. The molecule has 0 aliphatic carbocycles. The maximum absolute atomic E-state index is 13.0. The van der Waals surface area contributed by atoms with E-state index in [1.54, 1.807) is 0 Å². The van der Waals surface area contributed by atoms with Gasteiger partial charge in [0.2, 0.25) is 0 Å². The molecule has 0 aromatic heterocycles. The van der Waals surface area contributed by atoms with Crippen LogP contribution in [0, 0.1) is 0 Å². The number of ether oxygens (including phenoxy) is 1. The second kappa shape index (κ2) is 7.38. The van der Waals surface area contributed by atoms with Crippen LogP contribution in [0.25, 0.3) is 0 Å². The van der Waals surface area contributed by atoms with Crippen LogP contribution in [-0.2, 0) is 0 Å². The molecule has 2 heterocycles. The molecule has 2 saturated heterocycles. The average molecular weight is 336 g/mol. The predicted molar refractivity (Wildman–Crippen MR) is 98.3 cm³/mol. The second-order valence-electron chi connectivity index (χ2n) is 6.85. The third kappa shape index (κ3) is 3.60. The van der Waals surface area contributed by atoms with E-state index in [9.17, 15) is 4.79 Å². The molecule has 0 amide bonds. The van der Waals surface area contributed by atoms with Crippen LogP contribution in [0.4, 0.5) is 0 Å². The molecule has 130 valence electrons. The zero-order valence-corrected chi connectivity index (χ0v) is 14.4. The quantitative estimate of drug-likeness (QED) is 0.849. The number of ketones is 1. The van der Waals surface area contributed by atoms with E-state index >= 15 is 0 Å². The molecule has 0 bridgehead atoms. The van der Waals surface area contributed by atoms with Crippen LogP contribution in [-0.4, -0.2) is 42.4 Å². The fraction of sp³-hybridized carbons (Fsp3) is 0.381. The Bertz CT molecular complexity index is 708. The van der Waals surface area contributed by atoms with Gasteiger partial charge in [0.25, 0.3) is 0 Å². The number of benzene rings is 2. The lowest BCUT2D eigenvalue weighted by Gasteiger charge is -2.29. The number of para-hydroxylation sites is 1. The van der Waals surface area contributed by atoms with Crippen LogP contribution >= 0.6 is 0 Å². The monoisotopic (exact) mass is 336 g/mol. The van der Waals surface area contributed by atoms with Crippen molar-refractivity contribution in [2.24, 2.45) is 0 Å². The number of rotatable bonds is 5. The molecule has 2 aromatic rings.